The lowest BCUT2D eigenvalue weighted by Gasteiger charge is -2.26. The van der Waals surface area contributed by atoms with Crippen LogP contribution in [-0.4, -0.2) is 17.4 Å². The number of hydrogen-bond acceptors (Lipinski definition) is 3. The van der Waals surface area contributed by atoms with Gasteiger partial charge in [0.2, 0.25) is 17.5 Å². The fourth-order valence-corrected chi connectivity index (χ4v) is 4.67. The second-order valence-electron chi connectivity index (χ2n) is 8.98. The third-order valence-corrected chi connectivity index (χ3v) is 6.56. The SMILES string of the molecule is Cc1c(-c2c(F)c(F)c(F)c(F)c2F)c(C)c(-c2c(F)c(F)c(F)c(F)c2F)c(OB(O)O)c1-c1c(F)c(F)c(F)c(F)c1F. The Bertz CT molecular complexity index is 1760. The van der Waals surface area contributed by atoms with Crippen molar-refractivity contribution in [3.05, 3.63) is 98.4 Å². The van der Waals surface area contributed by atoms with Crippen molar-refractivity contribution in [3.8, 4) is 39.1 Å². The predicted molar refractivity (Wildman–Crippen MR) is 122 cm³/mol. The van der Waals surface area contributed by atoms with E-state index in [0.717, 1.165) is 0 Å². The number of benzene rings is 4. The molecule has 2 N–H and O–H groups in total. The maximum absolute atomic E-state index is 15.1. The van der Waals surface area contributed by atoms with Crippen LogP contribution in [0.2, 0.25) is 0 Å². The highest BCUT2D eigenvalue weighted by molar-refractivity contribution is 6.34. The maximum Gasteiger partial charge on any atom is 0.707 e. The molecule has 0 fully saturated rings. The highest BCUT2D eigenvalue weighted by Crippen LogP contribution is 2.52. The van der Waals surface area contributed by atoms with Gasteiger partial charge in [-0.05, 0) is 30.5 Å². The van der Waals surface area contributed by atoms with Crippen LogP contribution in [-0.2, 0) is 0 Å². The average molecular weight is 664 g/mol. The smallest absolute Gasteiger partial charge is 0.511 e. The highest BCUT2D eigenvalue weighted by Gasteiger charge is 2.39. The van der Waals surface area contributed by atoms with E-state index in [4.69, 9.17) is 0 Å². The van der Waals surface area contributed by atoms with Crippen molar-refractivity contribution in [2.75, 3.05) is 0 Å². The summed E-state index contributed by atoms with van der Waals surface area (Å²) >= 11 is 0. The molecule has 45 heavy (non-hydrogen) atoms. The number of rotatable bonds is 5. The molecule has 238 valence electrons. The van der Waals surface area contributed by atoms with E-state index in [9.17, 15) is 49.6 Å². The van der Waals surface area contributed by atoms with Gasteiger partial charge in [0, 0.05) is 11.1 Å². The van der Waals surface area contributed by atoms with E-state index in [1.54, 1.807) is 0 Å². The molecule has 0 aliphatic rings. The molecule has 0 aliphatic heterocycles. The van der Waals surface area contributed by atoms with E-state index in [0.29, 0.717) is 13.8 Å². The summed E-state index contributed by atoms with van der Waals surface area (Å²) in [7, 11) is -3.30. The van der Waals surface area contributed by atoms with Gasteiger partial charge in [0.05, 0.1) is 16.7 Å². The lowest BCUT2D eigenvalue weighted by Crippen LogP contribution is -2.23. The van der Waals surface area contributed by atoms with Crippen LogP contribution in [0.1, 0.15) is 11.1 Å². The second kappa shape index (κ2) is 11.5. The monoisotopic (exact) mass is 664 g/mol. The lowest BCUT2D eigenvalue weighted by molar-refractivity contribution is 0.288. The Hall–Kier alpha value is -4.39. The fraction of sp³-hybridized carbons (Fsp3) is 0.0769. The molecule has 0 amide bonds. The molecule has 0 bridgehead atoms. The first-order chi connectivity index (χ1) is 20.8. The van der Waals surface area contributed by atoms with Crippen LogP contribution in [0.3, 0.4) is 0 Å². The summed E-state index contributed by atoms with van der Waals surface area (Å²) in [5.41, 5.74) is -14.3. The molecule has 0 atom stereocenters. The standard InChI is InChI=1S/C26H8BF15O3/c1-3-5(8-11(28)17(34)23(40)18(35)12(8)29)4(2)7(10-15(32)21(38)25(42)22(39)16(10)33)26(45-27(43)44)6(3)9-13(30)19(36)24(41)20(37)14(9)31/h43-44H,1-2H3. The molecule has 4 rings (SSSR count). The summed E-state index contributed by atoms with van der Waals surface area (Å²) in [5, 5.41) is 18.9. The van der Waals surface area contributed by atoms with Crippen molar-refractivity contribution in [3.63, 3.8) is 0 Å². The van der Waals surface area contributed by atoms with Gasteiger partial charge in [-0.15, -0.1) is 0 Å². The van der Waals surface area contributed by atoms with E-state index >= 15 is 26.3 Å². The average Bonchev–Trinajstić information content (AvgIpc) is 2.99. The van der Waals surface area contributed by atoms with Gasteiger partial charge in [0.1, 0.15) is 5.75 Å². The fourth-order valence-electron chi connectivity index (χ4n) is 4.67. The van der Waals surface area contributed by atoms with Crippen LogP contribution in [0, 0.1) is 101 Å². The summed E-state index contributed by atoms with van der Waals surface area (Å²) in [6.07, 6.45) is 0. The quantitative estimate of drug-likeness (QED) is 0.0995. The molecule has 3 nitrogen and oxygen atoms in total. The molecule has 0 radical (unpaired) electrons. The van der Waals surface area contributed by atoms with Crippen LogP contribution >= 0.6 is 0 Å². The van der Waals surface area contributed by atoms with Gasteiger partial charge in [-0.2, -0.15) is 0 Å². The molecule has 0 saturated carbocycles. The molecule has 0 saturated heterocycles. The molecule has 0 unspecified atom stereocenters. The summed E-state index contributed by atoms with van der Waals surface area (Å²) in [5.74, 6) is -43.5. The largest absolute Gasteiger partial charge is 0.707 e. The van der Waals surface area contributed by atoms with Gasteiger partial charge >= 0.3 is 7.32 Å². The second-order valence-corrected chi connectivity index (χ2v) is 8.98. The van der Waals surface area contributed by atoms with Crippen LogP contribution in [0.4, 0.5) is 65.9 Å². The molecular formula is C26H8BF15O3. The Morgan fingerprint density at radius 3 is 0.756 bits per heavy atom. The Morgan fingerprint density at radius 1 is 0.333 bits per heavy atom. The first-order valence-corrected chi connectivity index (χ1v) is 11.5. The van der Waals surface area contributed by atoms with Gasteiger partial charge in [0.25, 0.3) is 0 Å². The van der Waals surface area contributed by atoms with Gasteiger partial charge in [-0.1, -0.05) is 0 Å². The van der Waals surface area contributed by atoms with E-state index in [-0.39, 0.29) is 0 Å². The molecule has 0 heterocycles. The van der Waals surface area contributed by atoms with Crippen molar-refractivity contribution in [2.45, 2.75) is 13.8 Å². The molecular weight excluding hydrogens is 656 g/mol. The molecule has 0 aliphatic carbocycles. The van der Waals surface area contributed by atoms with Crippen molar-refractivity contribution in [1.29, 1.82) is 0 Å². The normalized spacial score (nSPS) is 11.4. The lowest BCUT2D eigenvalue weighted by atomic mass is 9.82. The summed E-state index contributed by atoms with van der Waals surface area (Å²) in [6.45, 7) is 0.902. The minimum atomic E-state index is -3.30. The molecule has 0 spiro atoms. The summed E-state index contributed by atoms with van der Waals surface area (Å²) < 4.78 is 222. The van der Waals surface area contributed by atoms with Crippen LogP contribution in [0.15, 0.2) is 0 Å². The molecule has 0 aromatic heterocycles. The minimum Gasteiger partial charge on any atom is -0.511 e. The summed E-state index contributed by atoms with van der Waals surface area (Å²) in [4.78, 5) is 0. The van der Waals surface area contributed by atoms with Crippen molar-refractivity contribution >= 4 is 7.32 Å². The van der Waals surface area contributed by atoms with Crippen molar-refractivity contribution in [2.24, 2.45) is 0 Å². The first-order valence-electron chi connectivity index (χ1n) is 11.5. The maximum atomic E-state index is 15.1. The van der Waals surface area contributed by atoms with Crippen LogP contribution in [0.5, 0.6) is 5.75 Å². The zero-order chi connectivity index (χ0) is 34.1. The highest BCUT2D eigenvalue weighted by atomic mass is 19.2. The Balaban J connectivity index is 2.48. The zero-order valence-electron chi connectivity index (χ0n) is 21.5. The number of halogens is 15. The van der Waals surface area contributed by atoms with Gasteiger partial charge in [0.15, 0.2) is 69.8 Å². The van der Waals surface area contributed by atoms with E-state index in [2.05, 4.69) is 4.65 Å². The van der Waals surface area contributed by atoms with Gasteiger partial charge in [-0.25, -0.2) is 65.9 Å². The van der Waals surface area contributed by atoms with Crippen molar-refractivity contribution in [1.82, 2.24) is 0 Å². The minimum absolute atomic E-state index is 0.451. The van der Waals surface area contributed by atoms with Crippen LogP contribution in [0.25, 0.3) is 33.4 Å². The van der Waals surface area contributed by atoms with Crippen LogP contribution < -0.4 is 4.65 Å². The Labute approximate surface area is 239 Å². The third-order valence-electron chi connectivity index (χ3n) is 6.56. The van der Waals surface area contributed by atoms with E-state index in [1.165, 1.54) is 0 Å². The Kier molecular flexibility index (Phi) is 8.58. The Morgan fingerprint density at radius 2 is 0.533 bits per heavy atom. The van der Waals surface area contributed by atoms with Gasteiger partial charge in [-0.3, -0.25) is 0 Å². The summed E-state index contributed by atoms with van der Waals surface area (Å²) in [6, 6.07) is 0. The topological polar surface area (TPSA) is 49.7 Å². The van der Waals surface area contributed by atoms with E-state index < -0.39 is 145 Å². The molecule has 4 aromatic carbocycles. The number of hydrogen-bond donors (Lipinski definition) is 2. The molecule has 4 aromatic rings. The van der Waals surface area contributed by atoms with Gasteiger partial charge < -0.3 is 14.7 Å². The molecule has 19 heteroatoms. The van der Waals surface area contributed by atoms with Crippen molar-refractivity contribution < 1.29 is 80.6 Å². The third kappa shape index (κ3) is 4.84. The zero-order valence-corrected chi connectivity index (χ0v) is 21.5. The van der Waals surface area contributed by atoms with E-state index in [1.807, 2.05) is 0 Å². The first kappa shape index (κ1) is 33.5. The predicted octanol–water partition coefficient (Wildman–Crippen LogP) is 7.74.